The van der Waals surface area contributed by atoms with Gasteiger partial charge in [-0.2, -0.15) is 0 Å². The fourth-order valence-corrected chi connectivity index (χ4v) is 2.36. The Hall–Kier alpha value is -1.13. The average Bonchev–Trinajstić information content (AvgIpc) is 2.24. The van der Waals surface area contributed by atoms with Gasteiger partial charge in [-0.15, -0.1) is 0 Å². The number of hydrogen-bond acceptors (Lipinski definition) is 4. The maximum Gasteiger partial charge on any atom is 0.192 e. The molecule has 0 aromatic carbocycles. The van der Waals surface area contributed by atoms with Gasteiger partial charge in [0.25, 0.3) is 0 Å². The van der Waals surface area contributed by atoms with Crippen molar-refractivity contribution in [2.75, 3.05) is 6.61 Å². The first-order valence-electron chi connectivity index (χ1n) is 5.33. The minimum atomic E-state index is -1.71. The summed E-state index contributed by atoms with van der Waals surface area (Å²) in [5, 5.41) is 20.0. The predicted octanol–water partition coefficient (Wildman–Crippen LogP) is 0.548. The van der Waals surface area contributed by atoms with Gasteiger partial charge >= 0.3 is 0 Å². The molecule has 88 valence electrons. The lowest BCUT2D eigenvalue weighted by atomic mass is 9.71. The maximum atomic E-state index is 11.9. The van der Waals surface area contributed by atoms with Crippen LogP contribution in [0.5, 0.6) is 0 Å². The van der Waals surface area contributed by atoms with E-state index < -0.39 is 17.5 Å². The number of allylic oxidation sites excluding steroid dienone is 2. The highest BCUT2D eigenvalue weighted by molar-refractivity contribution is 6.03. The average molecular weight is 224 g/mol. The molecule has 0 bridgehead atoms. The molecule has 0 radical (unpaired) electrons. The lowest BCUT2D eigenvalue weighted by molar-refractivity contribution is -0.151. The Kier molecular flexibility index (Phi) is 2.44. The first kappa shape index (κ1) is 11.4. The standard InChI is InChI=1S/C12H16O4/c1-6-4-8-7(2)10(13)12(3,15)11(14)9(8)5-16-6/h4,9,11,14-15H,5H2,1-3H3/t9-,11+,12+/m1/s1. The number of aliphatic hydroxyl groups excluding tert-OH is 1. The van der Waals surface area contributed by atoms with Crippen LogP contribution in [0.25, 0.3) is 0 Å². The van der Waals surface area contributed by atoms with Gasteiger partial charge < -0.3 is 14.9 Å². The van der Waals surface area contributed by atoms with Crippen LogP contribution in [0.2, 0.25) is 0 Å². The van der Waals surface area contributed by atoms with E-state index in [0.717, 1.165) is 11.3 Å². The summed E-state index contributed by atoms with van der Waals surface area (Å²) in [6.07, 6.45) is 0.655. The van der Waals surface area contributed by atoms with Gasteiger partial charge in [0.2, 0.25) is 0 Å². The molecule has 1 aliphatic carbocycles. The molecule has 0 spiro atoms. The molecule has 3 atom stereocenters. The Bertz CT molecular complexity index is 403. The highest BCUT2D eigenvalue weighted by atomic mass is 16.5. The first-order chi connectivity index (χ1) is 7.35. The number of hydrogen-bond donors (Lipinski definition) is 2. The van der Waals surface area contributed by atoms with Gasteiger partial charge in [0, 0.05) is 5.92 Å². The fraction of sp³-hybridized carbons (Fsp3) is 0.583. The molecule has 2 rings (SSSR count). The molecule has 0 saturated carbocycles. The molecule has 1 heterocycles. The lowest BCUT2D eigenvalue weighted by Gasteiger charge is -2.41. The fourth-order valence-electron chi connectivity index (χ4n) is 2.36. The van der Waals surface area contributed by atoms with Crippen LogP contribution in [0, 0.1) is 5.92 Å². The van der Waals surface area contributed by atoms with Crippen LogP contribution in [0.15, 0.2) is 23.0 Å². The number of carbonyl (C=O) groups excluding carboxylic acids is 1. The van der Waals surface area contributed by atoms with Crippen LogP contribution in [-0.2, 0) is 9.53 Å². The maximum absolute atomic E-state index is 11.9. The van der Waals surface area contributed by atoms with Crippen molar-refractivity contribution in [1.29, 1.82) is 0 Å². The number of carbonyl (C=O) groups is 1. The zero-order valence-electron chi connectivity index (χ0n) is 9.65. The van der Waals surface area contributed by atoms with E-state index in [1.807, 2.05) is 0 Å². The van der Waals surface area contributed by atoms with E-state index in [9.17, 15) is 15.0 Å². The van der Waals surface area contributed by atoms with Crippen molar-refractivity contribution in [2.45, 2.75) is 32.5 Å². The molecule has 0 unspecified atom stereocenters. The van der Waals surface area contributed by atoms with Crippen molar-refractivity contribution < 1.29 is 19.7 Å². The van der Waals surface area contributed by atoms with Crippen LogP contribution in [0.4, 0.5) is 0 Å². The van der Waals surface area contributed by atoms with Crippen molar-refractivity contribution in [3.63, 3.8) is 0 Å². The molecule has 2 N–H and O–H groups in total. The summed E-state index contributed by atoms with van der Waals surface area (Å²) < 4.78 is 5.34. The number of rotatable bonds is 0. The van der Waals surface area contributed by atoms with E-state index >= 15 is 0 Å². The number of fused-ring (bicyclic) bond motifs is 1. The van der Waals surface area contributed by atoms with E-state index in [4.69, 9.17) is 4.74 Å². The van der Waals surface area contributed by atoms with Crippen LogP contribution < -0.4 is 0 Å². The van der Waals surface area contributed by atoms with Gasteiger partial charge in [-0.1, -0.05) is 0 Å². The van der Waals surface area contributed by atoms with Crippen molar-refractivity contribution in [2.24, 2.45) is 5.92 Å². The first-order valence-corrected chi connectivity index (χ1v) is 5.33. The Morgan fingerprint density at radius 3 is 2.75 bits per heavy atom. The SMILES string of the molecule is CC1=CC2=C(C)C(=O)[C@](C)(O)[C@@H](O)[C@@H]2CO1. The highest BCUT2D eigenvalue weighted by Gasteiger charge is 2.49. The molecule has 0 amide bonds. The molecule has 0 aromatic heterocycles. The largest absolute Gasteiger partial charge is 0.497 e. The molecular weight excluding hydrogens is 208 g/mol. The third-order valence-corrected chi connectivity index (χ3v) is 3.44. The van der Waals surface area contributed by atoms with Gasteiger partial charge in [0.1, 0.15) is 6.10 Å². The van der Waals surface area contributed by atoms with Crippen molar-refractivity contribution in [3.8, 4) is 0 Å². The second-order valence-corrected chi connectivity index (χ2v) is 4.67. The normalized spacial score (nSPS) is 39.1. The molecule has 2 aliphatic rings. The Morgan fingerprint density at radius 2 is 2.12 bits per heavy atom. The predicted molar refractivity (Wildman–Crippen MR) is 57.5 cm³/mol. The Labute approximate surface area is 94.2 Å². The van der Waals surface area contributed by atoms with E-state index in [1.165, 1.54) is 6.92 Å². The molecular formula is C12H16O4. The second-order valence-electron chi connectivity index (χ2n) is 4.67. The van der Waals surface area contributed by atoms with Crippen molar-refractivity contribution >= 4 is 5.78 Å². The number of aliphatic hydroxyl groups is 2. The van der Waals surface area contributed by atoms with E-state index in [1.54, 1.807) is 19.9 Å². The van der Waals surface area contributed by atoms with Crippen LogP contribution in [-0.4, -0.2) is 34.3 Å². The highest BCUT2D eigenvalue weighted by Crippen LogP contribution is 2.38. The monoisotopic (exact) mass is 224 g/mol. The Balaban J connectivity index is 2.56. The van der Waals surface area contributed by atoms with Crippen LogP contribution >= 0.6 is 0 Å². The second kappa shape index (κ2) is 3.43. The Morgan fingerprint density at radius 1 is 1.50 bits per heavy atom. The zero-order chi connectivity index (χ0) is 12.1. The molecule has 4 nitrogen and oxygen atoms in total. The summed E-state index contributed by atoms with van der Waals surface area (Å²) in [7, 11) is 0. The third kappa shape index (κ3) is 1.41. The van der Waals surface area contributed by atoms with E-state index in [0.29, 0.717) is 12.2 Å². The number of ether oxygens (including phenoxy) is 1. The van der Waals surface area contributed by atoms with Gasteiger partial charge in [-0.25, -0.2) is 0 Å². The van der Waals surface area contributed by atoms with Gasteiger partial charge in [-0.3, -0.25) is 4.79 Å². The third-order valence-electron chi connectivity index (χ3n) is 3.44. The number of Topliss-reactive ketones (excluding diaryl/α,β-unsaturated/α-hetero) is 1. The summed E-state index contributed by atoms with van der Waals surface area (Å²) in [5.41, 5.74) is -0.406. The minimum Gasteiger partial charge on any atom is -0.497 e. The summed E-state index contributed by atoms with van der Waals surface area (Å²) in [5.74, 6) is 0.000688. The van der Waals surface area contributed by atoms with Gasteiger partial charge in [0.15, 0.2) is 11.4 Å². The smallest absolute Gasteiger partial charge is 0.192 e. The molecule has 0 fully saturated rings. The summed E-state index contributed by atoms with van der Waals surface area (Å²) in [6.45, 7) is 5.14. The molecule has 4 heteroatoms. The van der Waals surface area contributed by atoms with Crippen molar-refractivity contribution in [1.82, 2.24) is 0 Å². The van der Waals surface area contributed by atoms with Crippen LogP contribution in [0.3, 0.4) is 0 Å². The van der Waals surface area contributed by atoms with E-state index in [2.05, 4.69) is 0 Å². The summed E-state index contributed by atoms with van der Waals surface area (Å²) in [6, 6.07) is 0. The minimum absolute atomic E-state index is 0.305. The topological polar surface area (TPSA) is 66.8 Å². The van der Waals surface area contributed by atoms with Crippen LogP contribution in [0.1, 0.15) is 20.8 Å². The zero-order valence-corrected chi connectivity index (χ0v) is 9.65. The molecule has 16 heavy (non-hydrogen) atoms. The summed E-state index contributed by atoms with van der Waals surface area (Å²) >= 11 is 0. The summed E-state index contributed by atoms with van der Waals surface area (Å²) in [4.78, 5) is 11.9. The number of ketones is 1. The van der Waals surface area contributed by atoms with Gasteiger partial charge in [0.05, 0.1) is 12.4 Å². The molecule has 0 aromatic rings. The lowest BCUT2D eigenvalue weighted by Crippen LogP contribution is -2.56. The van der Waals surface area contributed by atoms with Crippen molar-refractivity contribution in [3.05, 3.63) is 23.0 Å². The van der Waals surface area contributed by atoms with Gasteiger partial charge in [-0.05, 0) is 38.0 Å². The van der Waals surface area contributed by atoms with E-state index in [-0.39, 0.29) is 5.92 Å². The molecule has 1 aliphatic heterocycles. The quantitative estimate of drug-likeness (QED) is 0.630. The molecule has 0 saturated heterocycles.